The molecule has 2 heterocycles. The quantitative estimate of drug-likeness (QED) is 0.125. The Bertz CT molecular complexity index is 1560. The number of carbonyl (C=O) groups is 3. The fourth-order valence-electron chi connectivity index (χ4n) is 4.54. The highest BCUT2D eigenvalue weighted by atomic mass is 35.5. The number of benzene rings is 2. The molecule has 0 bridgehead atoms. The fraction of sp³-hybridized carbons (Fsp3) is 0.321. The van der Waals surface area contributed by atoms with Crippen LogP contribution in [-0.2, 0) is 17.8 Å². The van der Waals surface area contributed by atoms with E-state index in [1.807, 2.05) is 12.1 Å². The second-order valence-corrected chi connectivity index (χ2v) is 10.5. The van der Waals surface area contributed by atoms with Gasteiger partial charge in [0.05, 0.1) is 28.4 Å². The normalized spacial score (nSPS) is 14.6. The number of halogens is 2. The minimum Gasteiger partial charge on any atom is -0.480 e. The largest absolute Gasteiger partial charge is 0.480 e. The Hall–Kier alpha value is -4.11. The molecule has 0 spiro atoms. The molecule has 3 aromatic rings. The molecule has 0 saturated carbocycles. The number of fused-ring (bicyclic) bond motifs is 2. The van der Waals surface area contributed by atoms with Crippen molar-refractivity contribution in [3.8, 4) is 6.19 Å². The van der Waals surface area contributed by atoms with Crippen molar-refractivity contribution >= 4 is 57.8 Å². The van der Waals surface area contributed by atoms with E-state index in [-0.39, 0.29) is 59.4 Å². The Morgan fingerprint density at radius 3 is 2.73 bits per heavy atom. The zero-order chi connectivity index (χ0) is 29.7. The molecule has 0 aliphatic carbocycles. The van der Waals surface area contributed by atoms with E-state index in [1.54, 1.807) is 42.5 Å². The third-order valence-electron chi connectivity index (χ3n) is 6.74. The molecule has 0 radical (unpaired) electrons. The van der Waals surface area contributed by atoms with Crippen LogP contribution in [0.5, 0.6) is 0 Å². The van der Waals surface area contributed by atoms with E-state index in [0.717, 1.165) is 5.39 Å². The maximum atomic E-state index is 13.2. The molecule has 4 N–H and O–H groups in total. The summed E-state index contributed by atoms with van der Waals surface area (Å²) in [4.78, 5) is 44.0. The topological polar surface area (TPSA) is 168 Å². The molecule has 0 saturated heterocycles. The summed E-state index contributed by atoms with van der Waals surface area (Å²) < 4.78 is 5.41. The molecule has 2 amide bonds. The lowest BCUT2D eigenvalue weighted by Crippen LogP contribution is -2.44. The number of carboxylic acid groups (broad SMARTS) is 1. The lowest BCUT2D eigenvalue weighted by Gasteiger charge is -2.30. The van der Waals surface area contributed by atoms with Gasteiger partial charge in [0.1, 0.15) is 17.5 Å². The highest BCUT2D eigenvalue weighted by Crippen LogP contribution is 2.35. The Morgan fingerprint density at radius 2 is 2.02 bits per heavy atom. The number of hydrogen-bond acceptors (Lipinski definition) is 7. The average Bonchev–Trinajstić information content (AvgIpc) is 3.42. The SMILES string of the molecule is C[C@@H](CO)CC(=NC[C@H](NC(=O)c1c(Cl)cc2c(c1Cl)CCN(C(=O)c1ccc3ccoc3c1)C2)C(=O)O)NC#N. The summed E-state index contributed by atoms with van der Waals surface area (Å²) in [5.41, 5.74) is 2.34. The molecule has 11 nitrogen and oxygen atoms in total. The molecule has 41 heavy (non-hydrogen) atoms. The first kappa shape index (κ1) is 29.9. The van der Waals surface area contributed by atoms with Crippen LogP contribution >= 0.6 is 23.2 Å². The van der Waals surface area contributed by atoms with Crippen LogP contribution in [0.15, 0.2) is 46.0 Å². The van der Waals surface area contributed by atoms with Crippen LogP contribution in [0.2, 0.25) is 10.0 Å². The number of aliphatic imine (C=N–C) groups is 1. The monoisotopic (exact) mass is 599 g/mol. The van der Waals surface area contributed by atoms with Crippen molar-refractivity contribution in [2.75, 3.05) is 19.7 Å². The van der Waals surface area contributed by atoms with Gasteiger partial charge >= 0.3 is 5.97 Å². The van der Waals surface area contributed by atoms with E-state index in [0.29, 0.717) is 35.2 Å². The van der Waals surface area contributed by atoms with Crippen LogP contribution in [0.1, 0.15) is 45.2 Å². The van der Waals surface area contributed by atoms with E-state index < -0.39 is 17.9 Å². The van der Waals surface area contributed by atoms with Gasteiger partial charge in [-0.3, -0.25) is 19.9 Å². The van der Waals surface area contributed by atoms with Crippen molar-refractivity contribution in [1.29, 1.82) is 5.26 Å². The smallest absolute Gasteiger partial charge is 0.328 e. The molecular formula is C28H27Cl2N5O6. The van der Waals surface area contributed by atoms with Crippen LogP contribution in [0.25, 0.3) is 11.0 Å². The first-order valence-electron chi connectivity index (χ1n) is 12.7. The summed E-state index contributed by atoms with van der Waals surface area (Å²) in [6, 6.07) is 7.17. The predicted octanol–water partition coefficient (Wildman–Crippen LogP) is 3.61. The summed E-state index contributed by atoms with van der Waals surface area (Å²) in [5.74, 6) is -2.37. The van der Waals surface area contributed by atoms with Crippen LogP contribution < -0.4 is 10.6 Å². The third-order valence-corrected chi connectivity index (χ3v) is 7.46. The first-order chi connectivity index (χ1) is 19.6. The highest BCUT2D eigenvalue weighted by molar-refractivity contribution is 6.40. The van der Waals surface area contributed by atoms with Crippen molar-refractivity contribution in [2.45, 2.75) is 32.4 Å². The number of aliphatic hydroxyl groups is 1. The van der Waals surface area contributed by atoms with Gasteiger partial charge in [-0.2, -0.15) is 5.26 Å². The lowest BCUT2D eigenvalue weighted by atomic mass is 9.96. The van der Waals surface area contributed by atoms with Gasteiger partial charge in [-0.1, -0.05) is 36.2 Å². The van der Waals surface area contributed by atoms with Crippen LogP contribution in [0.3, 0.4) is 0 Å². The Balaban J connectivity index is 1.50. The van der Waals surface area contributed by atoms with Crippen LogP contribution in [0, 0.1) is 17.4 Å². The van der Waals surface area contributed by atoms with Gasteiger partial charge in [0.15, 0.2) is 6.19 Å². The van der Waals surface area contributed by atoms with E-state index in [1.165, 1.54) is 0 Å². The second kappa shape index (κ2) is 13.0. The Morgan fingerprint density at radius 1 is 1.24 bits per heavy atom. The van der Waals surface area contributed by atoms with E-state index in [4.69, 9.17) is 32.9 Å². The minimum absolute atomic E-state index is 0.00815. The number of furan rings is 1. The number of hydrogen-bond donors (Lipinski definition) is 4. The first-order valence-corrected chi connectivity index (χ1v) is 13.5. The number of aliphatic carboxylic acids is 1. The molecule has 13 heteroatoms. The van der Waals surface area contributed by atoms with Crippen molar-refractivity contribution in [3.63, 3.8) is 0 Å². The predicted molar refractivity (Wildman–Crippen MR) is 152 cm³/mol. The molecule has 214 valence electrons. The maximum Gasteiger partial charge on any atom is 0.328 e. The summed E-state index contributed by atoms with van der Waals surface area (Å²) in [6.07, 6.45) is 3.86. The molecule has 0 fully saturated rings. The third kappa shape index (κ3) is 6.79. The zero-order valence-corrected chi connectivity index (χ0v) is 23.5. The minimum atomic E-state index is -1.44. The summed E-state index contributed by atoms with van der Waals surface area (Å²) >= 11 is 13.1. The molecule has 1 aliphatic heterocycles. The van der Waals surface area contributed by atoms with Gasteiger partial charge in [0.2, 0.25) is 0 Å². The number of rotatable bonds is 9. The molecule has 2 aromatic carbocycles. The summed E-state index contributed by atoms with van der Waals surface area (Å²) in [6.45, 7) is 1.79. The highest BCUT2D eigenvalue weighted by Gasteiger charge is 2.29. The van der Waals surface area contributed by atoms with Crippen molar-refractivity contribution in [2.24, 2.45) is 10.9 Å². The van der Waals surface area contributed by atoms with Crippen molar-refractivity contribution in [3.05, 3.63) is 68.9 Å². The number of amides is 2. The number of carbonyl (C=O) groups excluding carboxylic acids is 2. The molecule has 0 unspecified atom stereocenters. The van der Waals surface area contributed by atoms with Gasteiger partial charge < -0.3 is 24.8 Å². The van der Waals surface area contributed by atoms with Gasteiger partial charge in [0.25, 0.3) is 11.8 Å². The summed E-state index contributed by atoms with van der Waals surface area (Å²) in [5, 5.41) is 33.6. The average molecular weight is 600 g/mol. The molecular weight excluding hydrogens is 573 g/mol. The fourth-order valence-corrected chi connectivity index (χ4v) is 5.30. The Kier molecular flexibility index (Phi) is 9.50. The number of nitriles is 1. The van der Waals surface area contributed by atoms with Gasteiger partial charge in [-0.15, -0.1) is 0 Å². The lowest BCUT2D eigenvalue weighted by molar-refractivity contribution is -0.138. The second-order valence-electron chi connectivity index (χ2n) is 9.72. The zero-order valence-electron chi connectivity index (χ0n) is 22.0. The number of nitrogens with zero attached hydrogens (tertiary/aromatic N) is 3. The molecule has 4 rings (SSSR count). The van der Waals surface area contributed by atoms with Crippen LogP contribution in [0.4, 0.5) is 0 Å². The van der Waals surface area contributed by atoms with E-state index in [2.05, 4.69) is 15.6 Å². The molecule has 1 aliphatic rings. The molecule has 1 aromatic heterocycles. The van der Waals surface area contributed by atoms with Gasteiger partial charge in [-0.05, 0) is 47.7 Å². The molecule has 2 atom stereocenters. The number of carboxylic acids is 1. The van der Waals surface area contributed by atoms with E-state index in [9.17, 15) is 24.6 Å². The van der Waals surface area contributed by atoms with Crippen molar-refractivity contribution in [1.82, 2.24) is 15.5 Å². The van der Waals surface area contributed by atoms with Gasteiger partial charge in [-0.25, -0.2) is 4.79 Å². The standard InChI is InChI=1S/C28H27Cl2N5O6/c1-15(13-36)8-23(33-14-31)32-11-21(28(39)40)34-26(37)24-20(29)9-18-12-35(6-4-19(18)25(24)30)27(38)17-3-2-16-5-7-41-22(16)10-17/h2-3,5,7,9-10,15,21,36H,4,6,8,11-13H2,1H3,(H,32,33)(H,34,37)(H,39,40)/t15-,21+/m1/s1. The number of aliphatic hydroxyl groups excluding tert-OH is 1. The van der Waals surface area contributed by atoms with Crippen molar-refractivity contribution < 1.29 is 29.0 Å². The summed E-state index contributed by atoms with van der Waals surface area (Å²) in [7, 11) is 0. The van der Waals surface area contributed by atoms with E-state index >= 15 is 0 Å². The van der Waals surface area contributed by atoms with Gasteiger partial charge in [0, 0.05) is 37.1 Å². The maximum absolute atomic E-state index is 13.2. The number of nitrogens with one attached hydrogen (secondary N) is 2. The van der Waals surface area contributed by atoms with Crippen LogP contribution in [-0.4, -0.2) is 64.5 Å². The number of amidine groups is 1. The Labute approximate surface area is 245 Å².